The van der Waals surface area contributed by atoms with E-state index in [0.29, 0.717) is 11.8 Å². The summed E-state index contributed by atoms with van der Waals surface area (Å²) < 4.78 is 0. The first-order valence-corrected chi connectivity index (χ1v) is 7.52. The maximum absolute atomic E-state index is 6.37. The number of halogens is 1. The van der Waals surface area contributed by atoms with E-state index in [1.54, 1.807) is 5.57 Å². The molecule has 1 aliphatic carbocycles. The van der Waals surface area contributed by atoms with E-state index < -0.39 is 0 Å². The summed E-state index contributed by atoms with van der Waals surface area (Å²) in [6.45, 7) is 7.71. The molecule has 2 heteroatoms. The van der Waals surface area contributed by atoms with E-state index in [-0.39, 0.29) is 0 Å². The van der Waals surface area contributed by atoms with Crippen molar-refractivity contribution in [2.24, 2.45) is 17.8 Å². The van der Waals surface area contributed by atoms with Crippen molar-refractivity contribution in [2.45, 2.75) is 40.0 Å². The predicted molar refractivity (Wildman–Crippen MR) is 81.9 cm³/mol. The van der Waals surface area contributed by atoms with Gasteiger partial charge in [0.15, 0.2) is 0 Å². The fourth-order valence-corrected chi connectivity index (χ4v) is 3.05. The van der Waals surface area contributed by atoms with Gasteiger partial charge in [0.1, 0.15) is 0 Å². The first kappa shape index (κ1) is 15.8. The van der Waals surface area contributed by atoms with Gasteiger partial charge in [-0.2, -0.15) is 0 Å². The van der Waals surface area contributed by atoms with Crippen LogP contribution in [-0.4, -0.2) is 25.5 Å². The summed E-state index contributed by atoms with van der Waals surface area (Å²) in [4.78, 5) is 2.15. The van der Waals surface area contributed by atoms with Crippen molar-refractivity contribution in [3.63, 3.8) is 0 Å². The van der Waals surface area contributed by atoms with Gasteiger partial charge in [0.05, 0.1) is 0 Å². The second-order valence-corrected chi connectivity index (χ2v) is 6.24. The van der Waals surface area contributed by atoms with Crippen molar-refractivity contribution < 1.29 is 0 Å². The van der Waals surface area contributed by atoms with Gasteiger partial charge in [0.25, 0.3) is 0 Å². The van der Waals surface area contributed by atoms with E-state index in [0.717, 1.165) is 17.5 Å². The highest BCUT2D eigenvalue weighted by molar-refractivity contribution is 6.30. The van der Waals surface area contributed by atoms with Gasteiger partial charge >= 0.3 is 0 Å². The van der Waals surface area contributed by atoms with Crippen LogP contribution in [0.1, 0.15) is 40.0 Å². The molecule has 0 bridgehead atoms. The van der Waals surface area contributed by atoms with Crippen molar-refractivity contribution in [2.75, 3.05) is 20.6 Å². The second-order valence-electron chi connectivity index (χ2n) is 5.81. The Morgan fingerprint density at radius 3 is 2.61 bits per heavy atom. The highest BCUT2D eigenvalue weighted by Gasteiger charge is 2.39. The molecule has 0 amide bonds. The molecule has 2 unspecified atom stereocenters. The van der Waals surface area contributed by atoms with E-state index >= 15 is 0 Å². The lowest BCUT2D eigenvalue weighted by molar-refractivity contribution is 0.455. The topological polar surface area (TPSA) is 3.24 Å². The lowest BCUT2D eigenvalue weighted by atomic mass is 9.92. The Morgan fingerprint density at radius 1 is 1.44 bits per heavy atom. The SMILES string of the molecule is C/C=C(\CC)C(C)CC1C[C@@H]1/C(Cl)=C/CN(C)C. The molecule has 0 aliphatic heterocycles. The zero-order chi connectivity index (χ0) is 13.7. The Labute approximate surface area is 118 Å². The fourth-order valence-electron chi connectivity index (χ4n) is 2.71. The molecule has 1 nitrogen and oxygen atoms in total. The average molecular weight is 270 g/mol. The molecule has 0 saturated heterocycles. The van der Waals surface area contributed by atoms with Gasteiger partial charge < -0.3 is 4.90 Å². The Morgan fingerprint density at radius 2 is 2.11 bits per heavy atom. The van der Waals surface area contributed by atoms with Crippen molar-refractivity contribution in [1.29, 1.82) is 0 Å². The Bertz CT molecular complexity index is 317. The zero-order valence-corrected chi connectivity index (χ0v) is 13.3. The van der Waals surface area contributed by atoms with Crippen LogP contribution in [0.15, 0.2) is 22.8 Å². The van der Waals surface area contributed by atoms with E-state index in [4.69, 9.17) is 11.6 Å². The summed E-state index contributed by atoms with van der Waals surface area (Å²) in [5.41, 5.74) is 1.59. The summed E-state index contributed by atoms with van der Waals surface area (Å²) in [5, 5.41) is 1.08. The first-order chi connectivity index (χ1) is 8.49. The van der Waals surface area contributed by atoms with E-state index in [1.807, 2.05) is 0 Å². The summed E-state index contributed by atoms with van der Waals surface area (Å²) in [6.07, 6.45) is 8.22. The molecule has 1 saturated carbocycles. The van der Waals surface area contributed by atoms with Gasteiger partial charge in [-0.15, -0.1) is 0 Å². The van der Waals surface area contributed by atoms with E-state index in [1.165, 1.54) is 19.3 Å². The molecule has 1 rings (SSSR count). The maximum Gasteiger partial charge on any atom is 0.0187 e. The van der Waals surface area contributed by atoms with Gasteiger partial charge in [0.2, 0.25) is 0 Å². The zero-order valence-electron chi connectivity index (χ0n) is 12.5. The fraction of sp³-hybridized carbons (Fsp3) is 0.750. The summed E-state index contributed by atoms with van der Waals surface area (Å²) in [5.74, 6) is 2.17. The third-order valence-electron chi connectivity index (χ3n) is 4.00. The Kier molecular flexibility index (Phi) is 6.45. The van der Waals surface area contributed by atoms with Crippen molar-refractivity contribution in [3.05, 3.63) is 22.8 Å². The summed E-state index contributed by atoms with van der Waals surface area (Å²) in [7, 11) is 4.15. The number of nitrogens with zero attached hydrogens (tertiary/aromatic N) is 1. The van der Waals surface area contributed by atoms with Crippen molar-refractivity contribution in [3.8, 4) is 0 Å². The highest BCUT2D eigenvalue weighted by Crippen LogP contribution is 2.49. The normalized spacial score (nSPS) is 26.6. The number of allylic oxidation sites excluding steroid dienone is 3. The minimum absolute atomic E-state index is 0.643. The quantitative estimate of drug-likeness (QED) is 0.606. The molecule has 0 heterocycles. The van der Waals surface area contributed by atoms with Gasteiger partial charge in [-0.3, -0.25) is 0 Å². The van der Waals surface area contributed by atoms with Crippen LogP contribution in [0.2, 0.25) is 0 Å². The lowest BCUT2D eigenvalue weighted by Crippen LogP contribution is -2.11. The minimum atomic E-state index is 0.643. The molecule has 0 spiro atoms. The Hall–Kier alpha value is -0.270. The number of hydrogen-bond acceptors (Lipinski definition) is 1. The van der Waals surface area contributed by atoms with Gasteiger partial charge in [-0.25, -0.2) is 0 Å². The first-order valence-electron chi connectivity index (χ1n) is 7.14. The molecular formula is C16H28ClN. The summed E-state index contributed by atoms with van der Waals surface area (Å²) >= 11 is 6.37. The molecule has 0 N–H and O–H groups in total. The van der Waals surface area contributed by atoms with Crippen LogP contribution in [0.4, 0.5) is 0 Å². The molecule has 3 atom stereocenters. The van der Waals surface area contributed by atoms with Crippen LogP contribution in [0.5, 0.6) is 0 Å². The van der Waals surface area contributed by atoms with Crippen LogP contribution in [0.3, 0.4) is 0 Å². The number of likely N-dealkylation sites (N-methyl/N-ethyl adjacent to an activating group) is 1. The van der Waals surface area contributed by atoms with Crippen molar-refractivity contribution in [1.82, 2.24) is 4.90 Å². The van der Waals surface area contributed by atoms with Gasteiger partial charge in [-0.1, -0.05) is 43.2 Å². The highest BCUT2D eigenvalue weighted by atomic mass is 35.5. The molecule has 1 fully saturated rings. The predicted octanol–water partition coefficient (Wildman–Crippen LogP) is 4.69. The summed E-state index contributed by atoms with van der Waals surface area (Å²) in [6, 6.07) is 0. The van der Waals surface area contributed by atoms with E-state index in [9.17, 15) is 0 Å². The number of rotatable bonds is 7. The van der Waals surface area contributed by atoms with Crippen LogP contribution >= 0.6 is 11.6 Å². The van der Waals surface area contributed by atoms with Crippen molar-refractivity contribution >= 4 is 11.6 Å². The van der Waals surface area contributed by atoms with Gasteiger partial charge in [-0.05, 0) is 58.0 Å². The molecule has 18 heavy (non-hydrogen) atoms. The third-order valence-corrected chi connectivity index (χ3v) is 4.43. The second kappa shape index (κ2) is 7.35. The van der Waals surface area contributed by atoms with Crippen LogP contribution in [-0.2, 0) is 0 Å². The van der Waals surface area contributed by atoms with Crippen LogP contribution < -0.4 is 0 Å². The Balaban J connectivity index is 2.39. The lowest BCUT2D eigenvalue weighted by Gasteiger charge is -2.14. The van der Waals surface area contributed by atoms with Crippen LogP contribution in [0.25, 0.3) is 0 Å². The molecule has 0 aromatic carbocycles. The molecule has 0 aromatic rings. The maximum atomic E-state index is 6.37. The largest absolute Gasteiger partial charge is 0.306 e. The molecular weight excluding hydrogens is 242 g/mol. The van der Waals surface area contributed by atoms with Crippen LogP contribution in [0, 0.1) is 17.8 Å². The molecule has 0 radical (unpaired) electrons. The van der Waals surface area contributed by atoms with Gasteiger partial charge in [0, 0.05) is 11.6 Å². The molecule has 0 aromatic heterocycles. The smallest absolute Gasteiger partial charge is 0.0187 e. The third kappa shape index (κ3) is 4.78. The standard InChI is InChI=1S/C16H28ClN/c1-6-13(7-2)12(3)10-14-11-15(14)16(17)8-9-18(4)5/h6,8,12,14-15H,7,9-11H2,1-5H3/b13-6+,16-8-/t12?,14?,15-/m0/s1. The van der Waals surface area contributed by atoms with E-state index in [2.05, 4.69) is 51.9 Å². The molecule has 1 aliphatic rings. The molecule has 104 valence electrons. The minimum Gasteiger partial charge on any atom is -0.306 e. The monoisotopic (exact) mass is 269 g/mol. The number of hydrogen-bond donors (Lipinski definition) is 0. The average Bonchev–Trinajstić information content (AvgIpc) is 3.06.